The van der Waals surface area contributed by atoms with Crippen molar-refractivity contribution in [1.29, 1.82) is 0 Å². The van der Waals surface area contributed by atoms with Crippen molar-refractivity contribution < 1.29 is 17.9 Å². The first-order valence-electron chi connectivity index (χ1n) is 5.91. The number of esters is 1. The number of nitrogens with zero attached hydrogens (tertiary/aromatic N) is 1. The molecule has 0 unspecified atom stereocenters. The van der Waals surface area contributed by atoms with Gasteiger partial charge in [-0.1, -0.05) is 6.92 Å². The summed E-state index contributed by atoms with van der Waals surface area (Å²) < 4.78 is 30.4. The Hall–Kier alpha value is -1.15. The number of carbonyl (C=O) groups is 1. The summed E-state index contributed by atoms with van der Waals surface area (Å²) in [4.78, 5) is 16.1. The highest BCUT2D eigenvalue weighted by atomic mass is 32.2. The molecule has 1 N–H and O–H groups in total. The van der Waals surface area contributed by atoms with E-state index in [1.54, 1.807) is 0 Å². The normalized spacial score (nSPS) is 11.3. The fourth-order valence-corrected chi connectivity index (χ4v) is 3.73. The number of sulfonamides is 1. The molecule has 1 aromatic heterocycles. The van der Waals surface area contributed by atoms with E-state index in [9.17, 15) is 13.2 Å². The van der Waals surface area contributed by atoms with Gasteiger partial charge in [0.25, 0.3) is 0 Å². The summed E-state index contributed by atoms with van der Waals surface area (Å²) in [6.07, 6.45) is 1.09. The summed E-state index contributed by atoms with van der Waals surface area (Å²) >= 11 is 1.32. The summed E-state index contributed by atoms with van der Waals surface area (Å²) in [7, 11) is -2.18. The largest absolute Gasteiger partial charge is 0.469 e. The van der Waals surface area contributed by atoms with Gasteiger partial charge in [0.15, 0.2) is 5.13 Å². The molecule has 0 bridgehead atoms. The van der Waals surface area contributed by atoms with Gasteiger partial charge in [0.2, 0.25) is 10.0 Å². The molecule has 0 aliphatic carbocycles. The zero-order valence-electron chi connectivity index (χ0n) is 11.2. The van der Waals surface area contributed by atoms with Crippen LogP contribution in [0, 0.1) is 6.92 Å². The van der Waals surface area contributed by atoms with Crippen molar-refractivity contribution in [2.45, 2.75) is 33.1 Å². The molecule has 6 nitrogen and oxygen atoms in total. The molecule has 0 amide bonds. The quantitative estimate of drug-likeness (QED) is 0.775. The third kappa shape index (κ3) is 5.15. The van der Waals surface area contributed by atoms with Gasteiger partial charge >= 0.3 is 5.97 Å². The zero-order valence-corrected chi connectivity index (χ0v) is 12.9. The van der Waals surface area contributed by atoms with Crippen LogP contribution in [0.4, 0.5) is 5.13 Å². The first kappa shape index (κ1) is 15.9. The van der Waals surface area contributed by atoms with Crippen LogP contribution in [-0.4, -0.2) is 32.2 Å². The predicted octanol–water partition coefficient (Wildman–Crippen LogP) is 1.71. The molecule has 0 aromatic carbocycles. The van der Waals surface area contributed by atoms with Gasteiger partial charge in [-0.3, -0.25) is 9.52 Å². The third-order valence-electron chi connectivity index (χ3n) is 2.49. The smallest absolute Gasteiger partial charge is 0.305 e. The van der Waals surface area contributed by atoms with Crippen LogP contribution >= 0.6 is 11.3 Å². The first-order chi connectivity index (χ1) is 8.88. The Morgan fingerprint density at radius 2 is 2.16 bits per heavy atom. The lowest BCUT2D eigenvalue weighted by Crippen LogP contribution is -2.17. The Kier molecular flexibility index (Phi) is 5.74. The predicted molar refractivity (Wildman–Crippen MR) is 74.9 cm³/mol. The van der Waals surface area contributed by atoms with E-state index in [2.05, 4.69) is 14.4 Å². The second-order valence-corrected chi connectivity index (χ2v) is 7.02. The number of hydrogen-bond donors (Lipinski definition) is 1. The van der Waals surface area contributed by atoms with Crippen LogP contribution in [0.25, 0.3) is 0 Å². The molecule has 0 atom stereocenters. The van der Waals surface area contributed by atoms with Crippen molar-refractivity contribution in [3.05, 3.63) is 10.6 Å². The van der Waals surface area contributed by atoms with E-state index in [1.165, 1.54) is 18.4 Å². The van der Waals surface area contributed by atoms with E-state index in [0.29, 0.717) is 5.13 Å². The molecular formula is C11H18N2O4S2. The van der Waals surface area contributed by atoms with Crippen LogP contribution < -0.4 is 4.72 Å². The number of methoxy groups -OCH3 is 1. The number of aromatic nitrogens is 1. The number of rotatable bonds is 7. The number of carbonyl (C=O) groups excluding carboxylic acids is 1. The molecule has 1 heterocycles. The molecule has 0 saturated carbocycles. The standard InChI is InChI=1S/C11H18N2O4S2/c1-4-9-8(2)18-11(12-9)13-19(15,16)7-5-6-10(14)17-3/h4-7H2,1-3H3,(H,12,13). The third-order valence-corrected chi connectivity index (χ3v) is 4.88. The molecule has 0 aliphatic rings. The number of ether oxygens (including phenoxy) is 1. The second kappa shape index (κ2) is 6.85. The molecule has 0 radical (unpaired) electrons. The van der Waals surface area contributed by atoms with Crippen LogP contribution in [0.1, 0.15) is 30.3 Å². The van der Waals surface area contributed by atoms with Gasteiger partial charge in [-0.25, -0.2) is 13.4 Å². The topological polar surface area (TPSA) is 85.4 Å². The maximum absolute atomic E-state index is 11.8. The number of hydrogen-bond acceptors (Lipinski definition) is 6. The van der Waals surface area contributed by atoms with Gasteiger partial charge in [-0.2, -0.15) is 0 Å². The zero-order chi connectivity index (χ0) is 14.5. The molecule has 0 spiro atoms. The van der Waals surface area contributed by atoms with Crippen molar-refractivity contribution >= 4 is 32.5 Å². The Labute approximate surface area is 117 Å². The van der Waals surface area contributed by atoms with E-state index in [-0.39, 0.29) is 18.6 Å². The molecule has 108 valence electrons. The highest BCUT2D eigenvalue weighted by Gasteiger charge is 2.15. The molecule has 0 fully saturated rings. The van der Waals surface area contributed by atoms with Crippen LogP contribution in [0.15, 0.2) is 0 Å². The van der Waals surface area contributed by atoms with Crippen molar-refractivity contribution in [2.24, 2.45) is 0 Å². The van der Waals surface area contributed by atoms with Crippen molar-refractivity contribution in [3.8, 4) is 0 Å². The summed E-state index contributed by atoms with van der Waals surface area (Å²) in [6.45, 7) is 3.88. The molecule has 0 saturated heterocycles. The van der Waals surface area contributed by atoms with Crippen molar-refractivity contribution in [1.82, 2.24) is 4.98 Å². The van der Waals surface area contributed by atoms with Crippen LogP contribution in [-0.2, 0) is 26.0 Å². The van der Waals surface area contributed by atoms with E-state index in [4.69, 9.17) is 0 Å². The summed E-state index contributed by atoms with van der Waals surface area (Å²) in [5.41, 5.74) is 0.900. The van der Waals surface area contributed by atoms with E-state index >= 15 is 0 Å². The van der Waals surface area contributed by atoms with Gasteiger partial charge < -0.3 is 4.74 Å². The number of thiazole rings is 1. The molecule has 1 aromatic rings. The van der Waals surface area contributed by atoms with Crippen LogP contribution in [0.3, 0.4) is 0 Å². The molecule has 1 rings (SSSR count). The van der Waals surface area contributed by atoms with E-state index in [1.807, 2.05) is 13.8 Å². The lowest BCUT2D eigenvalue weighted by molar-refractivity contribution is -0.140. The Balaban J connectivity index is 2.56. The average Bonchev–Trinajstić information content (AvgIpc) is 2.67. The number of nitrogens with one attached hydrogen (secondary N) is 1. The van der Waals surface area contributed by atoms with Crippen LogP contribution in [0.5, 0.6) is 0 Å². The first-order valence-corrected chi connectivity index (χ1v) is 8.38. The minimum absolute atomic E-state index is 0.0918. The molecular weight excluding hydrogens is 288 g/mol. The lowest BCUT2D eigenvalue weighted by Gasteiger charge is -2.04. The Morgan fingerprint density at radius 1 is 1.47 bits per heavy atom. The number of anilines is 1. The SMILES string of the molecule is CCc1nc(NS(=O)(=O)CCCC(=O)OC)sc1C. The van der Waals surface area contributed by atoms with E-state index < -0.39 is 16.0 Å². The average molecular weight is 306 g/mol. The van der Waals surface area contributed by atoms with Gasteiger partial charge in [0.1, 0.15) is 0 Å². The van der Waals surface area contributed by atoms with Crippen molar-refractivity contribution in [3.63, 3.8) is 0 Å². The summed E-state index contributed by atoms with van der Waals surface area (Å²) in [6, 6.07) is 0. The molecule has 19 heavy (non-hydrogen) atoms. The molecule has 0 aliphatic heterocycles. The highest BCUT2D eigenvalue weighted by molar-refractivity contribution is 7.92. The maximum Gasteiger partial charge on any atom is 0.305 e. The minimum atomic E-state index is -3.46. The van der Waals surface area contributed by atoms with Gasteiger partial charge in [0.05, 0.1) is 18.6 Å². The summed E-state index contributed by atoms with van der Waals surface area (Å²) in [5.74, 6) is -0.532. The number of aryl methyl sites for hydroxylation is 2. The minimum Gasteiger partial charge on any atom is -0.469 e. The van der Waals surface area contributed by atoms with Gasteiger partial charge in [-0.05, 0) is 19.8 Å². The second-order valence-electron chi connectivity index (χ2n) is 3.98. The maximum atomic E-state index is 11.8. The highest BCUT2D eigenvalue weighted by Crippen LogP contribution is 2.23. The molecule has 8 heteroatoms. The Bertz CT molecular complexity index is 537. The van der Waals surface area contributed by atoms with Gasteiger partial charge in [0, 0.05) is 11.3 Å². The monoisotopic (exact) mass is 306 g/mol. The van der Waals surface area contributed by atoms with Crippen LogP contribution in [0.2, 0.25) is 0 Å². The van der Waals surface area contributed by atoms with Gasteiger partial charge in [-0.15, -0.1) is 11.3 Å². The van der Waals surface area contributed by atoms with Crippen molar-refractivity contribution in [2.75, 3.05) is 17.6 Å². The fourth-order valence-electron chi connectivity index (χ4n) is 1.49. The lowest BCUT2D eigenvalue weighted by atomic mass is 10.3. The fraction of sp³-hybridized carbons (Fsp3) is 0.636. The Morgan fingerprint density at radius 3 is 2.68 bits per heavy atom. The van der Waals surface area contributed by atoms with E-state index in [0.717, 1.165) is 17.0 Å². The summed E-state index contributed by atoms with van der Waals surface area (Å²) in [5, 5.41) is 0.382.